The predicted octanol–water partition coefficient (Wildman–Crippen LogP) is 3.31. The Balaban J connectivity index is 1.55. The van der Waals surface area contributed by atoms with Gasteiger partial charge >= 0.3 is 0 Å². The molecule has 3 nitrogen and oxygen atoms in total. The number of benzene rings is 2. The minimum Gasteiger partial charge on any atom is -0.492 e. The summed E-state index contributed by atoms with van der Waals surface area (Å²) in [5.74, 6) is 0.899. The van der Waals surface area contributed by atoms with E-state index in [0.717, 1.165) is 31.1 Å². The average Bonchev–Trinajstić information content (AvgIpc) is 2.95. The summed E-state index contributed by atoms with van der Waals surface area (Å²) >= 11 is 0. The molecule has 1 aliphatic rings. The van der Waals surface area contributed by atoms with Crippen LogP contribution in [0.25, 0.3) is 0 Å². The molecular weight excluding hydrogens is 260 g/mol. The summed E-state index contributed by atoms with van der Waals surface area (Å²) in [6, 6.07) is 18.8. The second-order valence-electron chi connectivity index (χ2n) is 5.63. The van der Waals surface area contributed by atoms with Crippen LogP contribution in [0, 0.1) is 0 Å². The first-order chi connectivity index (χ1) is 10.3. The van der Waals surface area contributed by atoms with E-state index in [2.05, 4.69) is 35.2 Å². The molecule has 0 unspecified atom stereocenters. The van der Waals surface area contributed by atoms with Gasteiger partial charge in [0.1, 0.15) is 12.4 Å². The maximum Gasteiger partial charge on any atom is 0.119 e. The fraction of sp³-hybridized carbons (Fsp3) is 0.333. The third-order valence-corrected chi connectivity index (χ3v) is 4.05. The van der Waals surface area contributed by atoms with Crippen molar-refractivity contribution in [2.45, 2.75) is 25.4 Å². The number of nitrogens with two attached hydrogens (primary N) is 1. The zero-order valence-electron chi connectivity index (χ0n) is 12.2. The number of nitrogen functional groups attached to an aromatic ring is 1. The molecule has 2 aromatic carbocycles. The first kappa shape index (κ1) is 14.0. The molecular formula is C18H22N2O. The van der Waals surface area contributed by atoms with Crippen LogP contribution in [0.1, 0.15) is 18.4 Å². The Morgan fingerprint density at radius 2 is 1.81 bits per heavy atom. The van der Waals surface area contributed by atoms with Crippen molar-refractivity contribution in [2.24, 2.45) is 0 Å². The largest absolute Gasteiger partial charge is 0.492 e. The summed E-state index contributed by atoms with van der Waals surface area (Å²) in [6.07, 6.45) is 2.46. The first-order valence-electron chi connectivity index (χ1n) is 7.57. The van der Waals surface area contributed by atoms with Gasteiger partial charge < -0.3 is 10.5 Å². The summed E-state index contributed by atoms with van der Waals surface area (Å²) in [6.45, 7) is 2.91. The Morgan fingerprint density at radius 3 is 2.57 bits per heavy atom. The summed E-state index contributed by atoms with van der Waals surface area (Å²) < 4.78 is 5.92. The van der Waals surface area contributed by atoms with Gasteiger partial charge in [0.25, 0.3) is 0 Å². The molecule has 1 atom stereocenters. The molecule has 0 aliphatic carbocycles. The summed E-state index contributed by atoms with van der Waals surface area (Å²) in [4.78, 5) is 2.52. The second-order valence-corrected chi connectivity index (χ2v) is 5.63. The maximum atomic E-state index is 5.92. The van der Waals surface area contributed by atoms with Gasteiger partial charge in [-0.25, -0.2) is 0 Å². The van der Waals surface area contributed by atoms with Crippen molar-refractivity contribution in [3.8, 4) is 5.75 Å². The normalized spacial score (nSPS) is 18.8. The van der Waals surface area contributed by atoms with Crippen LogP contribution in [0.15, 0.2) is 54.6 Å². The highest BCUT2D eigenvalue weighted by atomic mass is 16.5. The van der Waals surface area contributed by atoms with E-state index in [9.17, 15) is 0 Å². The maximum absolute atomic E-state index is 5.92. The molecule has 2 N–H and O–H groups in total. The van der Waals surface area contributed by atoms with Gasteiger partial charge in [0.2, 0.25) is 0 Å². The Bertz CT molecular complexity index is 553. The Kier molecular flexibility index (Phi) is 4.41. The number of ether oxygens (including phenoxy) is 1. The topological polar surface area (TPSA) is 38.5 Å². The van der Waals surface area contributed by atoms with Crippen LogP contribution in [-0.2, 0) is 6.54 Å². The van der Waals surface area contributed by atoms with Crippen molar-refractivity contribution in [1.82, 2.24) is 4.90 Å². The highest BCUT2D eigenvalue weighted by Gasteiger charge is 2.24. The van der Waals surface area contributed by atoms with Gasteiger partial charge in [0.05, 0.1) is 0 Å². The first-order valence-corrected chi connectivity index (χ1v) is 7.57. The van der Waals surface area contributed by atoms with Crippen LogP contribution < -0.4 is 10.5 Å². The van der Waals surface area contributed by atoms with Gasteiger partial charge in [0, 0.05) is 18.3 Å². The number of hydrogen-bond donors (Lipinski definition) is 1. The lowest BCUT2D eigenvalue weighted by Crippen LogP contribution is -2.33. The van der Waals surface area contributed by atoms with E-state index in [1.165, 1.54) is 18.4 Å². The molecule has 0 aromatic heterocycles. The lowest BCUT2D eigenvalue weighted by Gasteiger charge is -2.24. The lowest BCUT2D eigenvalue weighted by molar-refractivity contribution is 0.167. The van der Waals surface area contributed by atoms with Gasteiger partial charge in [-0.05, 0) is 49.2 Å². The summed E-state index contributed by atoms with van der Waals surface area (Å²) in [5, 5.41) is 0. The predicted molar refractivity (Wildman–Crippen MR) is 86.2 cm³/mol. The molecule has 1 aliphatic heterocycles. The van der Waals surface area contributed by atoms with E-state index >= 15 is 0 Å². The molecule has 3 heteroatoms. The summed E-state index contributed by atoms with van der Waals surface area (Å²) in [5.41, 5.74) is 7.83. The van der Waals surface area contributed by atoms with Gasteiger partial charge in [-0.15, -0.1) is 0 Å². The SMILES string of the molecule is Nc1ccc(OC[C@H]2CCCN2Cc2ccccc2)cc1. The van der Waals surface area contributed by atoms with Crippen LogP contribution in [0.4, 0.5) is 5.69 Å². The number of nitrogens with zero attached hydrogens (tertiary/aromatic N) is 1. The molecule has 0 bridgehead atoms. The molecule has 3 rings (SSSR count). The van der Waals surface area contributed by atoms with Crippen LogP contribution in [0.3, 0.4) is 0 Å². The zero-order valence-corrected chi connectivity index (χ0v) is 12.2. The van der Waals surface area contributed by atoms with Crippen LogP contribution in [-0.4, -0.2) is 24.1 Å². The van der Waals surface area contributed by atoms with Gasteiger partial charge in [-0.1, -0.05) is 30.3 Å². The van der Waals surface area contributed by atoms with Gasteiger partial charge in [0.15, 0.2) is 0 Å². The van der Waals surface area contributed by atoms with E-state index < -0.39 is 0 Å². The fourth-order valence-electron chi connectivity index (χ4n) is 2.87. The van der Waals surface area contributed by atoms with Crippen LogP contribution >= 0.6 is 0 Å². The molecule has 1 fully saturated rings. The van der Waals surface area contributed by atoms with Crippen LogP contribution in [0.5, 0.6) is 5.75 Å². The minimum atomic E-state index is 0.503. The van der Waals surface area contributed by atoms with E-state index in [1.54, 1.807) is 0 Å². The minimum absolute atomic E-state index is 0.503. The molecule has 0 saturated carbocycles. The number of likely N-dealkylation sites (tertiary alicyclic amines) is 1. The Morgan fingerprint density at radius 1 is 1.05 bits per heavy atom. The molecule has 1 heterocycles. The molecule has 0 amide bonds. The van der Waals surface area contributed by atoms with Crippen molar-refractivity contribution in [3.05, 3.63) is 60.2 Å². The average molecular weight is 282 g/mol. The number of anilines is 1. The zero-order chi connectivity index (χ0) is 14.5. The second kappa shape index (κ2) is 6.64. The molecule has 2 aromatic rings. The molecule has 110 valence electrons. The van der Waals surface area contributed by atoms with Gasteiger partial charge in [-0.2, -0.15) is 0 Å². The number of rotatable bonds is 5. The van der Waals surface area contributed by atoms with E-state index in [1.807, 2.05) is 24.3 Å². The van der Waals surface area contributed by atoms with E-state index in [4.69, 9.17) is 10.5 Å². The molecule has 21 heavy (non-hydrogen) atoms. The smallest absolute Gasteiger partial charge is 0.119 e. The van der Waals surface area contributed by atoms with Crippen molar-refractivity contribution in [1.29, 1.82) is 0 Å². The van der Waals surface area contributed by atoms with Crippen molar-refractivity contribution < 1.29 is 4.74 Å². The van der Waals surface area contributed by atoms with E-state index in [0.29, 0.717) is 6.04 Å². The standard InChI is InChI=1S/C18H22N2O/c19-16-8-10-18(11-9-16)21-14-17-7-4-12-20(17)13-15-5-2-1-3-6-15/h1-3,5-6,8-11,17H,4,7,12-14,19H2/t17-/m1/s1. The quantitative estimate of drug-likeness (QED) is 0.855. The van der Waals surface area contributed by atoms with Crippen molar-refractivity contribution >= 4 is 5.69 Å². The monoisotopic (exact) mass is 282 g/mol. The molecule has 1 saturated heterocycles. The van der Waals surface area contributed by atoms with Crippen molar-refractivity contribution in [3.63, 3.8) is 0 Å². The molecule has 0 radical (unpaired) electrons. The highest BCUT2D eigenvalue weighted by molar-refractivity contribution is 5.41. The Labute approximate surface area is 126 Å². The lowest BCUT2D eigenvalue weighted by atomic mass is 10.2. The molecule has 0 spiro atoms. The van der Waals surface area contributed by atoms with Crippen LogP contribution in [0.2, 0.25) is 0 Å². The third-order valence-electron chi connectivity index (χ3n) is 4.05. The number of hydrogen-bond acceptors (Lipinski definition) is 3. The Hall–Kier alpha value is -2.00. The third kappa shape index (κ3) is 3.76. The van der Waals surface area contributed by atoms with Gasteiger partial charge in [-0.3, -0.25) is 4.90 Å². The fourth-order valence-corrected chi connectivity index (χ4v) is 2.87. The van der Waals surface area contributed by atoms with Crippen molar-refractivity contribution in [2.75, 3.05) is 18.9 Å². The highest BCUT2D eigenvalue weighted by Crippen LogP contribution is 2.22. The van der Waals surface area contributed by atoms with E-state index in [-0.39, 0.29) is 0 Å². The summed E-state index contributed by atoms with van der Waals surface area (Å²) in [7, 11) is 0.